The van der Waals surface area contributed by atoms with Crippen LogP contribution in [0.2, 0.25) is 5.02 Å². The summed E-state index contributed by atoms with van der Waals surface area (Å²) in [4.78, 5) is 16.6. The largest absolute Gasteiger partial charge is 0.449 e. The maximum absolute atomic E-state index is 12.3. The molecule has 0 unspecified atom stereocenters. The van der Waals surface area contributed by atoms with Gasteiger partial charge in [-0.05, 0) is 40.5 Å². The molecule has 1 aliphatic carbocycles. The molecule has 0 radical (unpaired) electrons. The lowest BCUT2D eigenvalue weighted by atomic mass is 9.98. The molecule has 0 saturated heterocycles. The van der Waals surface area contributed by atoms with E-state index in [1.165, 1.54) is 22.3 Å². The summed E-state index contributed by atoms with van der Waals surface area (Å²) in [7, 11) is 0. The fraction of sp³-hybridized carbons (Fsp3) is 0.143. The van der Waals surface area contributed by atoms with Crippen molar-refractivity contribution in [3.05, 3.63) is 101 Å². The van der Waals surface area contributed by atoms with Crippen LogP contribution in [0.5, 0.6) is 0 Å². The van der Waals surface area contributed by atoms with Gasteiger partial charge in [0.25, 0.3) is 0 Å². The van der Waals surface area contributed by atoms with Gasteiger partial charge in [-0.1, -0.05) is 78.0 Å². The first-order chi connectivity index (χ1) is 16.2. The fourth-order valence-corrected chi connectivity index (χ4v) is 4.43. The summed E-state index contributed by atoms with van der Waals surface area (Å²) in [5.74, 6) is 6.31. The molecular formula is C28H21ClN2O2. The second kappa shape index (κ2) is 9.36. The van der Waals surface area contributed by atoms with Gasteiger partial charge in [-0.15, -0.1) is 0 Å². The Morgan fingerprint density at radius 1 is 1.00 bits per heavy atom. The van der Waals surface area contributed by atoms with E-state index in [9.17, 15) is 4.79 Å². The van der Waals surface area contributed by atoms with Crippen LogP contribution in [0.1, 0.15) is 29.0 Å². The third-order valence-electron chi connectivity index (χ3n) is 5.79. The Morgan fingerprint density at radius 2 is 1.73 bits per heavy atom. The Balaban J connectivity index is 1.16. The van der Waals surface area contributed by atoms with Crippen LogP contribution in [0.4, 0.5) is 4.79 Å². The van der Waals surface area contributed by atoms with Crippen molar-refractivity contribution in [3.8, 4) is 23.0 Å². The topological polar surface area (TPSA) is 51.2 Å². The maximum atomic E-state index is 12.3. The third-order valence-corrected chi connectivity index (χ3v) is 6.03. The molecule has 0 bridgehead atoms. The lowest BCUT2D eigenvalue weighted by Gasteiger charge is -2.14. The Labute approximate surface area is 197 Å². The zero-order chi connectivity index (χ0) is 22.6. The number of hydrogen-bond acceptors (Lipinski definition) is 3. The number of hydrogen-bond donors (Lipinski definition) is 1. The van der Waals surface area contributed by atoms with Crippen molar-refractivity contribution in [2.45, 2.75) is 12.3 Å². The molecule has 1 aromatic heterocycles. The first-order valence-electron chi connectivity index (χ1n) is 10.8. The van der Waals surface area contributed by atoms with Gasteiger partial charge in [0.2, 0.25) is 0 Å². The van der Waals surface area contributed by atoms with Gasteiger partial charge in [0.1, 0.15) is 6.61 Å². The smallest absolute Gasteiger partial charge is 0.407 e. The van der Waals surface area contributed by atoms with Gasteiger partial charge in [-0.3, -0.25) is 4.98 Å². The molecule has 3 aromatic carbocycles. The molecule has 0 saturated carbocycles. The number of carbonyl (C=O) groups is 1. The number of halogens is 1. The average Bonchev–Trinajstić information content (AvgIpc) is 3.16. The molecule has 5 heteroatoms. The van der Waals surface area contributed by atoms with Crippen molar-refractivity contribution in [1.82, 2.24) is 10.3 Å². The highest BCUT2D eigenvalue weighted by molar-refractivity contribution is 6.31. The standard InChI is InChI=1S/C28H21ClN2O2/c29-20-12-13-21-19(14-16-30-27(21)17-20)7-5-6-15-31-28(32)33-18-26-24-10-3-1-8-22(24)23-9-2-4-11-25(23)26/h1-4,8-14,16-17,26H,6,15,18H2,(H,31,32). The van der Waals surface area contributed by atoms with E-state index in [1.807, 2.05) is 48.5 Å². The van der Waals surface area contributed by atoms with Crippen molar-refractivity contribution in [1.29, 1.82) is 0 Å². The molecule has 1 heterocycles. The second-order valence-electron chi connectivity index (χ2n) is 7.82. The fourth-order valence-electron chi connectivity index (χ4n) is 4.26. The van der Waals surface area contributed by atoms with E-state index in [2.05, 4.69) is 46.4 Å². The SMILES string of the molecule is O=C(NCCC#Cc1ccnc2cc(Cl)ccc12)OCC1c2ccccc2-c2ccccc21. The number of fused-ring (bicyclic) bond motifs is 4. The van der Waals surface area contributed by atoms with Crippen LogP contribution in [0.15, 0.2) is 79.0 Å². The van der Waals surface area contributed by atoms with E-state index in [4.69, 9.17) is 16.3 Å². The number of aromatic nitrogens is 1. The highest BCUT2D eigenvalue weighted by Gasteiger charge is 2.28. The van der Waals surface area contributed by atoms with Crippen molar-refractivity contribution in [2.75, 3.05) is 13.2 Å². The summed E-state index contributed by atoms with van der Waals surface area (Å²) in [5.41, 5.74) is 6.52. The Hall–Kier alpha value is -3.81. The predicted octanol–water partition coefficient (Wildman–Crippen LogP) is 6.17. The summed E-state index contributed by atoms with van der Waals surface area (Å²) in [5, 5.41) is 4.40. The normalized spacial score (nSPS) is 11.9. The lowest BCUT2D eigenvalue weighted by Crippen LogP contribution is -2.26. The number of ether oxygens (including phenoxy) is 1. The number of alkyl carbamates (subject to hydrolysis) is 1. The predicted molar refractivity (Wildman–Crippen MR) is 131 cm³/mol. The Morgan fingerprint density at radius 3 is 2.48 bits per heavy atom. The molecule has 4 nitrogen and oxygen atoms in total. The van der Waals surface area contributed by atoms with E-state index in [0.29, 0.717) is 24.6 Å². The number of nitrogens with one attached hydrogen (secondary N) is 1. The zero-order valence-corrected chi connectivity index (χ0v) is 18.6. The third kappa shape index (κ3) is 4.41. The number of nitrogens with zero attached hydrogens (tertiary/aromatic N) is 1. The molecule has 0 fully saturated rings. The van der Waals surface area contributed by atoms with Crippen molar-refractivity contribution in [2.24, 2.45) is 0 Å². The van der Waals surface area contributed by atoms with Gasteiger partial charge in [0, 0.05) is 41.1 Å². The molecular weight excluding hydrogens is 432 g/mol. The van der Waals surface area contributed by atoms with Crippen LogP contribution < -0.4 is 5.32 Å². The average molecular weight is 453 g/mol. The number of rotatable bonds is 4. The van der Waals surface area contributed by atoms with Crippen molar-refractivity contribution in [3.63, 3.8) is 0 Å². The van der Waals surface area contributed by atoms with E-state index >= 15 is 0 Å². The first kappa shape index (κ1) is 21.1. The van der Waals surface area contributed by atoms with Crippen LogP contribution in [-0.2, 0) is 4.74 Å². The molecule has 4 aromatic rings. The van der Waals surface area contributed by atoms with Crippen LogP contribution in [0.25, 0.3) is 22.0 Å². The number of carbonyl (C=O) groups excluding carboxylic acids is 1. The lowest BCUT2D eigenvalue weighted by molar-refractivity contribution is 0.143. The minimum absolute atomic E-state index is 0.0522. The molecule has 1 amide bonds. The number of amides is 1. The summed E-state index contributed by atoms with van der Waals surface area (Å²) in [6, 6.07) is 24.0. The van der Waals surface area contributed by atoms with Crippen LogP contribution in [0, 0.1) is 11.8 Å². The second-order valence-corrected chi connectivity index (χ2v) is 8.26. The molecule has 0 spiro atoms. The van der Waals surface area contributed by atoms with E-state index < -0.39 is 6.09 Å². The number of benzene rings is 3. The van der Waals surface area contributed by atoms with Gasteiger partial charge >= 0.3 is 6.09 Å². The van der Waals surface area contributed by atoms with Crippen molar-refractivity contribution < 1.29 is 9.53 Å². The molecule has 0 aliphatic heterocycles. The van der Waals surface area contributed by atoms with E-state index in [-0.39, 0.29) is 5.92 Å². The Kier molecular flexibility index (Phi) is 5.97. The molecule has 5 rings (SSSR count). The monoisotopic (exact) mass is 452 g/mol. The molecule has 1 aliphatic rings. The van der Waals surface area contributed by atoms with Gasteiger partial charge in [0.05, 0.1) is 5.52 Å². The zero-order valence-electron chi connectivity index (χ0n) is 17.8. The molecule has 33 heavy (non-hydrogen) atoms. The quantitative estimate of drug-likeness (QED) is 0.297. The minimum atomic E-state index is -0.428. The van der Waals surface area contributed by atoms with Crippen LogP contribution >= 0.6 is 11.6 Å². The first-order valence-corrected chi connectivity index (χ1v) is 11.2. The van der Waals surface area contributed by atoms with E-state index in [0.717, 1.165) is 16.5 Å². The van der Waals surface area contributed by atoms with Crippen LogP contribution in [0.3, 0.4) is 0 Å². The van der Waals surface area contributed by atoms with Gasteiger partial charge in [-0.2, -0.15) is 0 Å². The molecule has 0 atom stereocenters. The van der Waals surface area contributed by atoms with Gasteiger partial charge < -0.3 is 10.1 Å². The summed E-state index contributed by atoms with van der Waals surface area (Å²) >= 11 is 6.04. The maximum Gasteiger partial charge on any atom is 0.407 e. The molecule has 1 N–H and O–H groups in total. The van der Waals surface area contributed by atoms with Gasteiger partial charge in [0.15, 0.2) is 0 Å². The summed E-state index contributed by atoms with van der Waals surface area (Å²) in [6.45, 7) is 0.718. The highest BCUT2D eigenvalue weighted by Crippen LogP contribution is 2.44. The van der Waals surface area contributed by atoms with Crippen molar-refractivity contribution >= 4 is 28.6 Å². The van der Waals surface area contributed by atoms with E-state index in [1.54, 1.807) is 6.20 Å². The molecule has 162 valence electrons. The highest BCUT2D eigenvalue weighted by atomic mass is 35.5. The number of pyridine rings is 1. The van der Waals surface area contributed by atoms with Gasteiger partial charge in [-0.25, -0.2) is 4.79 Å². The summed E-state index contributed by atoms with van der Waals surface area (Å²) in [6.07, 6.45) is 1.81. The minimum Gasteiger partial charge on any atom is -0.449 e. The Bertz CT molecular complexity index is 1360. The van der Waals surface area contributed by atoms with Crippen LogP contribution in [-0.4, -0.2) is 24.2 Å². The summed E-state index contributed by atoms with van der Waals surface area (Å²) < 4.78 is 5.55.